The van der Waals surface area contributed by atoms with Gasteiger partial charge in [0.15, 0.2) is 0 Å². The van der Waals surface area contributed by atoms with Crippen molar-refractivity contribution in [2.75, 3.05) is 19.8 Å². The number of nitrogens with zero attached hydrogens (tertiary/aromatic N) is 2. The highest BCUT2D eigenvalue weighted by Gasteiger charge is 2.23. The number of nitriles is 1. The molecule has 0 saturated carbocycles. The second-order valence-corrected chi connectivity index (χ2v) is 5.81. The van der Waals surface area contributed by atoms with Gasteiger partial charge in [-0.1, -0.05) is 0 Å². The Kier molecular flexibility index (Phi) is 15.0. The Hall–Kier alpha value is -0.320. The van der Waals surface area contributed by atoms with Crippen LogP contribution in [0.4, 0.5) is 0 Å². The minimum atomic E-state index is -1.55. The summed E-state index contributed by atoms with van der Waals surface area (Å²) in [7, 11) is -1.55. The van der Waals surface area contributed by atoms with Crippen LogP contribution >= 0.6 is 8.53 Å². The zero-order valence-electron chi connectivity index (χ0n) is 12.6. The number of hydrogen-bond donors (Lipinski definition) is 4. The minimum absolute atomic E-state index is 0.244. The molecule has 0 saturated heterocycles. The Bertz CT molecular complexity index is 249. The van der Waals surface area contributed by atoms with Gasteiger partial charge >= 0.3 is 0 Å². The van der Waals surface area contributed by atoms with Crippen molar-refractivity contribution in [1.29, 1.82) is 5.26 Å². The second-order valence-electron chi connectivity index (χ2n) is 4.58. The molecule has 0 aliphatic rings. The monoisotopic (exact) mass is 310 g/mol. The summed E-state index contributed by atoms with van der Waals surface area (Å²) in [6, 6.07) is 2.46. The van der Waals surface area contributed by atoms with E-state index in [0.29, 0.717) is 13.0 Å². The smallest absolute Gasteiger partial charge is 0.256 e. The van der Waals surface area contributed by atoms with Gasteiger partial charge in [0.25, 0.3) is 8.53 Å². The van der Waals surface area contributed by atoms with E-state index >= 15 is 0 Å². The van der Waals surface area contributed by atoms with Gasteiger partial charge < -0.3 is 24.7 Å². The molecule has 0 heterocycles. The molecule has 1 unspecified atom stereocenters. The van der Waals surface area contributed by atoms with Crippen LogP contribution in [0.2, 0.25) is 0 Å². The molecule has 0 aliphatic carbocycles. The lowest BCUT2D eigenvalue weighted by Gasteiger charge is -2.32. The molecular formula is C12H27N2O5P. The van der Waals surface area contributed by atoms with E-state index in [-0.39, 0.29) is 25.3 Å². The predicted octanol–water partition coefficient (Wildman–Crippen LogP) is 0.587. The molecule has 0 bridgehead atoms. The Morgan fingerprint density at radius 3 is 1.85 bits per heavy atom. The first kappa shape index (κ1) is 22.0. The maximum absolute atomic E-state index is 9.74. The Labute approximate surface area is 122 Å². The fourth-order valence-electron chi connectivity index (χ4n) is 1.29. The average Bonchev–Trinajstić information content (AvgIpc) is 2.38. The molecule has 7 nitrogen and oxygen atoms in total. The van der Waals surface area contributed by atoms with Crippen LogP contribution in [0, 0.1) is 11.3 Å². The van der Waals surface area contributed by atoms with Gasteiger partial charge in [0, 0.05) is 12.1 Å². The van der Waals surface area contributed by atoms with Crippen molar-refractivity contribution in [3.8, 4) is 6.07 Å². The summed E-state index contributed by atoms with van der Waals surface area (Å²) < 4.78 is 7.10. The summed E-state index contributed by atoms with van der Waals surface area (Å²) >= 11 is 0. The van der Waals surface area contributed by atoms with E-state index in [2.05, 4.69) is 0 Å². The van der Waals surface area contributed by atoms with Crippen LogP contribution < -0.4 is 0 Å². The third-order valence-corrected chi connectivity index (χ3v) is 3.83. The zero-order valence-corrected chi connectivity index (χ0v) is 13.5. The lowest BCUT2D eigenvalue weighted by molar-refractivity contribution is 0.0450. The molecule has 8 heteroatoms. The van der Waals surface area contributed by atoms with Crippen LogP contribution in [-0.4, -0.2) is 62.9 Å². The van der Waals surface area contributed by atoms with E-state index in [1.807, 2.05) is 38.4 Å². The Balaban J connectivity index is 0. The molecule has 0 spiro atoms. The van der Waals surface area contributed by atoms with Crippen molar-refractivity contribution in [2.24, 2.45) is 0 Å². The molecule has 1 atom stereocenters. The van der Waals surface area contributed by atoms with Crippen LogP contribution in [0.5, 0.6) is 0 Å². The summed E-state index contributed by atoms with van der Waals surface area (Å²) in [6.07, 6.45) is -0.631. The highest BCUT2D eigenvalue weighted by molar-refractivity contribution is 7.43. The summed E-state index contributed by atoms with van der Waals surface area (Å²) in [4.78, 5) is 9.74. The van der Waals surface area contributed by atoms with E-state index in [4.69, 9.17) is 25.1 Å². The highest BCUT2D eigenvalue weighted by atomic mass is 31.2. The minimum Gasteiger partial charge on any atom is -0.394 e. The molecular weight excluding hydrogens is 283 g/mol. The molecule has 0 radical (unpaired) electrons. The molecule has 120 valence electrons. The van der Waals surface area contributed by atoms with Gasteiger partial charge in [-0.15, -0.1) is 0 Å². The SMILES string of the molecule is CC(C)N(C(C)C)P(O)OCCC#N.OCC(O)CO. The molecule has 0 aromatic carbocycles. The summed E-state index contributed by atoms with van der Waals surface area (Å²) in [5.74, 6) is 0. The van der Waals surface area contributed by atoms with Crippen molar-refractivity contribution in [2.45, 2.75) is 52.3 Å². The largest absolute Gasteiger partial charge is 0.394 e. The van der Waals surface area contributed by atoms with Crippen molar-refractivity contribution in [3.05, 3.63) is 0 Å². The average molecular weight is 310 g/mol. The fraction of sp³-hybridized carbons (Fsp3) is 0.917. The summed E-state index contributed by atoms with van der Waals surface area (Å²) in [5.41, 5.74) is 0. The molecule has 0 fully saturated rings. The molecule has 0 rings (SSSR count). The maximum atomic E-state index is 9.74. The van der Waals surface area contributed by atoms with Crippen molar-refractivity contribution >= 4 is 8.53 Å². The molecule has 0 aromatic rings. The molecule has 4 N–H and O–H groups in total. The van der Waals surface area contributed by atoms with Crippen molar-refractivity contribution < 1.29 is 24.7 Å². The van der Waals surface area contributed by atoms with Crippen LogP contribution in [0.1, 0.15) is 34.1 Å². The van der Waals surface area contributed by atoms with Crippen LogP contribution in [0.15, 0.2) is 0 Å². The third kappa shape index (κ3) is 11.5. The number of aliphatic hydroxyl groups is 3. The van der Waals surface area contributed by atoms with Gasteiger partial charge in [-0.2, -0.15) is 5.26 Å². The topological polar surface area (TPSA) is 117 Å². The van der Waals surface area contributed by atoms with Gasteiger partial charge in [-0.25, -0.2) is 4.67 Å². The van der Waals surface area contributed by atoms with E-state index in [0.717, 1.165) is 0 Å². The quantitative estimate of drug-likeness (QED) is 0.383. The van der Waals surface area contributed by atoms with Gasteiger partial charge in [0.1, 0.15) is 6.10 Å². The fourth-order valence-corrected chi connectivity index (χ4v) is 2.47. The normalized spacial score (nSPS) is 12.6. The first-order chi connectivity index (χ1) is 9.31. The Morgan fingerprint density at radius 2 is 1.60 bits per heavy atom. The highest BCUT2D eigenvalue weighted by Crippen LogP contribution is 2.40. The number of hydrogen-bond acceptors (Lipinski definition) is 7. The first-order valence-corrected chi connectivity index (χ1v) is 7.65. The van der Waals surface area contributed by atoms with Crippen LogP contribution in [0.3, 0.4) is 0 Å². The van der Waals surface area contributed by atoms with Crippen molar-refractivity contribution in [3.63, 3.8) is 0 Å². The van der Waals surface area contributed by atoms with Gasteiger partial charge in [-0.05, 0) is 27.7 Å². The molecule has 0 amide bonds. The van der Waals surface area contributed by atoms with Gasteiger partial charge in [0.05, 0.1) is 32.3 Å². The summed E-state index contributed by atoms with van der Waals surface area (Å²) in [6.45, 7) is 7.62. The van der Waals surface area contributed by atoms with Crippen LogP contribution in [0.25, 0.3) is 0 Å². The second kappa shape index (κ2) is 13.7. The standard InChI is InChI=1S/C9H19N2O2P.C3H8O3/c1-8(2)11(9(3)4)14(12)13-7-5-6-10;4-1-3(6)2-5/h8-9,12H,5,7H2,1-4H3;3-6H,1-2H2. The lowest BCUT2D eigenvalue weighted by atomic mass is 10.3. The van der Waals surface area contributed by atoms with Crippen molar-refractivity contribution in [1.82, 2.24) is 4.67 Å². The van der Waals surface area contributed by atoms with Gasteiger partial charge in [-0.3, -0.25) is 0 Å². The molecule has 0 aromatic heterocycles. The molecule has 0 aliphatic heterocycles. The van der Waals surface area contributed by atoms with E-state index in [1.54, 1.807) is 0 Å². The van der Waals surface area contributed by atoms with E-state index in [9.17, 15) is 4.89 Å². The first-order valence-electron chi connectivity index (χ1n) is 6.48. The Morgan fingerprint density at radius 1 is 1.15 bits per heavy atom. The number of rotatable bonds is 8. The lowest BCUT2D eigenvalue weighted by Crippen LogP contribution is -2.32. The predicted molar refractivity (Wildman–Crippen MR) is 77.6 cm³/mol. The van der Waals surface area contributed by atoms with Crippen LogP contribution in [-0.2, 0) is 4.52 Å². The van der Waals surface area contributed by atoms with E-state index in [1.165, 1.54) is 0 Å². The maximum Gasteiger partial charge on any atom is 0.256 e. The third-order valence-electron chi connectivity index (χ3n) is 2.10. The summed E-state index contributed by atoms with van der Waals surface area (Å²) in [5, 5.41) is 32.3. The zero-order chi connectivity index (χ0) is 16.1. The number of aliphatic hydroxyl groups excluding tert-OH is 3. The van der Waals surface area contributed by atoms with E-state index < -0.39 is 14.6 Å². The molecule has 20 heavy (non-hydrogen) atoms. The van der Waals surface area contributed by atoms with Gasteiger partial charge in [0.2, 0.25) is 0 Å².